The maximum absolute atomic E-state index is 12.0. The van der Waals surface area contributed by atoms with Gasteiger partial charge in [0.1, 0.15) is 16.4 Å². The number of benzene rings is 1. The first-order chi connectivity index (χ1) is 8.44. The molecule has 1 rings (SSSR count). The van der Waals surface area contributed by atoms with Crippen molar-refractivity contribution < 1.29 is 23.0 Å². The van der Waals surface area contributed by atoms with Gasteiger partial charge in [0.05, 0.1) is 20.8 Å². The zero-order chi connectivity index (χ0) is 13.8. The number of rotatable bonds is 6. The summed E-state index contributed by atoms with van der Waals surface area (Å²) in [5.74, 6) is 0.688. The van der Waals surface area contributed by atoms with Gasteiger partial charge in [0, 0.05) is 12.1 Å². The number of sulfonamides is 1. The third-order valence-corrected chi connectivity index (χ3v) is 3.92. The number of ether oxygens (including phenoxy) is 2. The summed E-state index contributed by atoms with van der Waals surface area (Å²) in [4.78, 5) is 0.00565. The standard InChI is InChI=1S/C11H17NO5S/c1-8(7-13)12-18(14,15)11-5-4-9(16-2)6-10(11)17-3/h4-6,8,12-13H,7H2,1-3H3/t8-/m0/s1. The number of methoxy groups -OCH3 is 2. The zero-order valence-corrected chi connectivity index (χ0v) is 11.3. The highest BCUT2D eigenvalue weighted by Gasteiger charge is 2.21. The highest BCUT2D eigenvalue weighted by Crippen LogP contribution is 2.28. The van der Waals surface area contributed by atoms with Crippen molar-refractivity contribution in [3.05, 3.63) is 18.2 Å². The average molecular weight is 275 g/mol. The van der Waals surface area contributed by atoms with Crippen LogP contribution in [0.3, 0.4) is 0 Å². The van der Waals surface area contributed by atoms with Crippen LogP contribution in [-0.2, 0) is 10.0 Å². The van der Waals surface area contributed by atoms with Gasteiger partial charge >= 0.3 is 0 Å². The second-order valence-corrected chi connectivity index (χ2v) is 5.40. The van der Waals surface area contributed by atoms with Gasteiger partial charge < -0.3 is 14.6 Å². The molecule has 0 spiro atoms. The number of nitrogens with one attached hydrogen (secondary N) is 1. The molecule has 1 atom stereocenters. The quantitative estimate of drug-likeness (QED) is 0.783. The molecule has 0 aliphatic heterocycles. The van der Waals surface area contributed by atoms with E-state index in [0.717, 1.165) is 0 Å². The van der Waals surface area contributed by atoms with Crippen LogP contribution in [0.25, 0.3) is 0 Å². The summed E-state index contributed by atoms with van der Waals surface area (Å²) in [6, 6.07) is 3.84. The van der Waals surface area contributed by atoms with Crippen LogP contribution in [0.2, 0.25) is 0 Å². The lowest BCUT2D eigenvalue weighted by Crippen LogP contribution is -2.35. The first kappa shape index (κ1) is 14.7. The first-order valence-electron chi connectivity index (χ1n) is 5.29. The average Bonchev–Trinajstić information content (AvgIpc) is 2.37. The van der Waals surface area contributed by atoms with Gasteiger partial charge in [-0.3, -0.25) is 0 Å². The smallest absolute Gasteiger partial charge is 0.244 e. The Morgan fingerprint density at radius 2 is 2.00 bits per heavy atom. The van der Waals surface area contributed by atoms with E-state index in [1.165, 1.54) is 32.4 Å². The maximum Gasteiger partial charge on any atom is 0.244 e. The van der Waals surface area contributed by atoms with Crippen molar-refractivity contribution in [3.63, 3.8) is 0 Å². The molecule has 7 heteroatoms. The molecule has 0 fully saturated rings. The minimum atomic E-state index is -3.73. The van der Waals surface area contributed by atoms with Gasteiger partial charge in [-0.1, -0.05) is 0 Å². The van der Waals surface area contributed by atoms with Gasteiger partial charge in [0.25, 0.3) is 0 Å². The lowest BCUT2D eigenvalue weighted by molar-refractivity contribution is 0.265. The molecule has 0 aliphatic carbocycles. The fraction of sp³-hybridized carbons (Fsp3) is 0.455. The van der Waals surface area contributed by atoms with E-state index in [0.29, 0.717) is 5.75 Å². The number of hydrogen-bond acceptors (Lipinski definition) is 5. The minimum Gasteiger partial charge on any atom is -0.497 e. The molecule has 1 aromatic carbocycles. The van der Waals surface area contributed by atoms with E-state index in [1.807, 2.05) is 0 Å². The molecule has 18 heavy (non-hydrogen) atoms. The SMILES string of the molecule is COc1ccc(S(=O)(=O)N[C@@H](C)CO)c(OC)c1. The normalized spacial score (nSPS) is 13.1. The third kappa shape index (κ3) is 3.34. The zero-order valence-electron chi connectivity index (χ0n) is 10.5. The van der Waals surface area contributed by atoms with E-state index in [4.69, 9.17) is 14.6 Å². The summed E-state index contributed by atoms with van der Waals surface area (Å²) in [5.41, 5.74) is 0. The predicted octanol–water partition coefficient (Wildman–Crippen LogP) is 0.363. The highest BCUT2D eigenvalue weighted by atomic mass is 32.2. The monoisotopic (exact) mass is 275 g/mol. The Hall–Kier alpha value is -1.31. The molecule has 6 nitrogen and oxygen atoms in total. The molecular formula is C11H17NO5S. The molecule has 0 radical (unpaired) electrons. The van der Waals surface area contributed by atoms with Gasteiger partial charge in [-0.15, -0.1) is 0 Å². The molecule has 0 saturated carbocycles. The molecule has 1 aromatic rings. The Morgan fingerprint density at radius 1 is 1.33 bits per heavy atom. The van der Waals surface area contributed by atoms with Crippen molar-refractivity contribution in [1.82, 2.24) is 4.72 Å². The van der Waals surface area contributed by atoms with Crippen LogP contribution in [0.15, 0.2) is 23.1 Å². The van der Waals surface area contributed by atoms with Crippen molar-refractivity contribution in [3.8, 4) is 11.5 Å². The summed E-state index contributed by atoms with van der Waals surface area (Å²) >= 11 is 0. The summed E-state index contributed by atoms with van der Waals surface area (Å²) in [5, 5.41) is 8.88. The number of aliphatic hydroxyl groups excluding tert-OH is 1. The van der Waals surface area contributed by atoms with Crippen molar-refractivity contribution in [1.29, 1.82) is 0 Å². The van der Waals surface area contributed by atoms with E-state index in [1.54, 1.807) is 6.92 Å². The van der Waals surface area contributed by atoms with E-state index >= 15 is 0 Å². The summed E-state index contributed by atoms with van der Waals surface area (Å²) in [7, 11) is -0.870. The summed E-state index contributed by atoms with van der Waals surface area (Å²) in [6.07, 6.45) is 0. The summed E-state index contributed by atoms with van der Waals surface area (Å²) < 4.78 is 36.4. The second-order valence-electron chi connectivity index (χ2n) is 3.72. The molecule has 0 bridgehead atoms. The molecule has 0 heterocycles. The Balaban J connectivity index is 3.15. The lowest BCUT2D eigenvalue weighted by Gasteiger charge is -2.14. The van der Waals surface area contributed by atoms with Crippen LogP contribution in [-0.4, -0.2) is 40.4 Å². The molecular weight excluding hydrogens is 258 g/mol. The fourth-order valence-corrected chi connectivity index (χ4v) is 2.75. The molecule has 0 aromatic heterocycles. The van der Waals surface area contributed by atoms with Crippen molar-refractivity contribution in [2.45, 2.75) is 17.9 Å². The lowest BCUT2D eigenvalue weighted by atomic mass is 10.3. The Kier molecular flexibility index (Phi) is 4.94. The van der Waals surface area contributed by atoms with E-state index in [-0.39, 0.29) is 17.3 Å². The molecule has 2 N–H and O–H groups in total. The number of aliphatic hydroxyl groups is 1. The highest BCUT2D eigenvalue weighted by molar-refractivity contribution is 7.89. The number of hydrogen-bond donors (Lipinski definition) is 2. The van der Waals surface area contributed by atoms with Crippen LogP contribution in [0.1, 0.15) is 6.92 Å². The third-order valence-electron chi connectivity index (χ3n) is 2.29. The summed E-state index contributed by atoms with van der Waals surface area (Å²) in [6.45, 7) is 1.28. The minimum absolute atomic E-state index is 0.00565. The maximum atomic E-state index is 12.0. The van der Waals surface area contributed by atoms with Crippen LogP contribution >= 0.6 is 0 Å². The van der Waals surface area contributed by atoms with Crippen LogP contribution in [0.5, 0.6) is 11.5 Å². The van der Waals surface area contributed by atoms with Crippen molar-refractivity contribution >= 4 is 10.0 Å². The van der Waals surface area contributed by atoms with Crippen LogP contribution in [0.4, 0.5) is 0 Å². The molecule has 102 valence electrons. The predicted molar refractivity (Wildman–Crippen MR) is 66.4 cm³/mol. The van der Waals surface area contributed by atoms with E-state index in [2.05, 4.69) is 4.72 Å². The molecule has 0 aliphatic rings. The molecule has 0 amide bonds. The van der Waals surface area contributed by atoms with Gasteiger partial charge in [0.2, 0.25) is 10.0 Å². The van der Waals surface area contributed by atoms with Crippen molar-refractivity contribution in [2.24, 2.45) is 0 Å². The Bertz CT molecular complexity index is 500. The second kappa shape index (κ2) is 6.03. The molecule has 0 saturated heterocycles. The fourth-order valence-electron chi connectivity index (χ4n) is 1.36. The van der Waals surface area contributed by atoms with Crippen molar-refractivity contribution in [2.75, 3.05) is 20.8 Å². The largest absolute Gasteiger partial charge is 0.497 e. The molecule has 0 unspecified atom stereocenters. The van der Waals surface area contributed by atoms with Crippen LogP contribution in [0, 0.1) is 0 Å². The van der Waals surface area contributed by atoms with Gasteiger partial charge in [0.15, 0.2) is 0 Å². The Morgan fingerprint density at radius 3 is 2.50 bits per heavy atom. The first-order valence-corrected chi connectivity index (χ1v) is 6.78. The van der Waals surface area contributed by atoms with Gasteiger partial charge in [-0.25, -0.2) is 13.1 Å². The van der Waals surface area contributed by atoms with Gasteiger partial charge in [-0.05, 0) is 19.1 Å². The topological polar surface area (TPSA) is 84.9 Å². The Labute approximate surface area is 107 Å². The van der Waals surface area contributed by atoms with E-state index in [9.17, 15) is 8.42 Å². The van der Waals surface area contributed by atoms with Crippen LogP contribution < -0.4 is 14.2 Å². The van der Waals surface area contributed by atoms with Gasteiger partial charge in [-0.2, -0.15) is 0 Å². The van der Waals surface area contributed by atoms with E-state index < -0.39 is 16.1 Å².